The van der Waals surface area contributed by atoms with Crippen LogP contribution in [0.2, 0.25) is 0 Å². The fraction of sp³-hybridized carbons (Fsp3) is 0.276. The number of rotatable bonds is 3. The summed E-state index contributed by atoms with van der Waals surface area (Å²) in [6.45, 7) is 6.89. The van der Waals surface area contributed by atoms with Crippen molar-refractivity contribution in [2.45, 2.75) is 40.0 Å². The minimum Gasteiger partial charge on any atom is -0.463 e. The molecule has 5 aromatic rings. The first-order valence-electron chi connectivity index (χ1n) is 12.1. The zero-order chi connectivity index (χ0) is 25.0. The summed E-state index contributed by atoms with van der Waals surface area (Å²) < 4.78 is 6.72. The van der Waals surface area contributed by atoms with E-state index in [4.69, 9.17) is 9.40 Å². The molecule has 5 nitrogen and oxygen atoms in total. The van der Waals surface area contributed by atoms with E-state index < -0.39 is 5.91 Å². The molecule has 0 saturated heterocycles. The van der Waals surface area contributed by atoms with Crippen molar-refractivity contribution >= 4 is 54.8 Å². The second-order valence-corrected chi connectivity index (χ2v) is 12.6. The maximum absolute atomic E-state index is 13.4. The van der Waals surface area contributed by atoms with Crippen molar-refractivity contribution < 1.29 is 9.21 Å². The lowest BCUT2D eigenvalue weighted by Crippen LogP contribution is -2.26. The van der Waals surface area contributed by atoms with Gasteiger partial charge in [-0.05, 0) is 60.4 Å². The minimum atomic E-state index is -0.456. The van der Waals surface area contributed by atoms with Crippen LogP contribution in [0.1, 0.15) is 48.0 Å². The van der Waals surface area contributed by atoms with Crippen LogP contribution in [-0.2, 0) is 12.8 Å². The summed E-state index contributed by atoms with van der Waals surface area (Å²) in [7, 11) is 0. The number of nitrogens with zero attached hydrogens (tertiary/aromatic N) is 1. The molecular formula is C29H26N2O3S2. The maximum Gasteiger partial charge on any atom is 0.263 e. The van der Waals surface area contributed by atoms with Crippen molar-refractivity contribution in [1.29, 1.82) is 0 Å². The van der Waals surface area contributed by atoms with E-state index in [-0.39, 0.29) is 16.4 Å². The second kappa shape index (κ2) is 8.68. The van der Waals surface area contributed by atoms with Crippen molar-refractivity contribution in [3.63, 3.8) is 0 Å². The molecule has 1 N–H and O–H groups in total. The third kappa shape index (κ3) is 3.96. The molecule has 1 aliphatic rings. The first kappa shape index (κ1) is 23.1. The van der Waals surface area contributed by atoms with Gasteiger partial charge in [0.15, 0.2) is 0 Å². The molecule has 3 heterocycles. The van der Waals surface area contributed by atoms with Gasteiger partial charge in [-0.15, -0.1) is 22.7 Å². The van der Waals surface area contributed by atoms with Crippen molar-refractivity contribution in [3.8, 4) is 10.6 Å². The van der Waals surface area contributed by atoms with Gasteiger partial charge in [0.25, 0.3) is 5.91 Å². The Kier molecular flexibility index (Phi) is 5.57. The van der Waals surface area contributed by atoms with Crippen LogP contribution in [0.25, 0.3) is 31.8 Å². The number of nitrogens with one attached hydrogen (secondary N) is 1. The zero-order valence-corrected chi connectivity index (χ0v) is 22.0. The summed E-state index contributed by atoms with van der Waals surface area (Å²) in [4.78, 5) is 32.7. The van der Waals surface area contributed by atoms with Gasteiger partial charge in [-0.25, -0.2) is 4.98 Å². The SMILES string of the molecule is CC(C)(C)C1CCc2c(sc(NC(=O)c3coc4ccccc4c3=O)c2-c2nc3ccccc3s2)C1. The van der Waals surface area contributed by atoms with Gasteiger partial charge in [0.05, 0.1) is 15.6 Å². The molecule has 6 rings (SSSR count). The summed E-state index contributed by atoms with van der Waals surface area (Å²) in [5.41, 5.74) is 3.59. The van der Waals surface area contributed by atoms with Gasteiger partial charge in [0, 0.05) is 10.4 Å². The fourth-order valence-corrected chi connectivity index (χ4v) is 7.46. The van der Waals surface area contributed by atoms with Crippen LogP contribution in [0, 0.1) is 11.3 Å². The van der Waals surface area contributed by atoms with E-state index in [2.05, 4.69) is 32.2 Å². The normalized spacial score (nSPS) is 15.8. The molecule has 0 aliphatic heterocycles. The van der Waals surface area contributed by atoms with E-state index in [1.165, 1.54) is 16.7 Å². The number of thiophene rings is 1. The quantitative estimate of drug-likeness (QED) is 0.270. The molecule has 1 amide bonds. The topological polar surface area (TPSA) is 72.2 Å². The number of para-hydroxylation sites is 2. The number of benzene rings is 2. The van der Waals surface area contributed by atoms with Crippen molar-refractivity contribution in [3.05, 3.63) is 81.0 Å². The molecule has 0 bridgehead atoms. The van der Waals surface area contributed by atoms with Crippen LogP contribution in [0.5, 0.6) is 0 Å². The number of anilines is 1. The zero-order valence-electron chi connectivity index (χ0n) is 20.4. The Morgan fingerprint density at radius 1 is 1.08 bits per heavy atom. The number of carbonyl (C=O) groups excluding carboxylic acids is 1. The average Bonchev–Trinajstić information content (AvgIpc) is 3.43. The summed E-state index contributed by atoms with van der Waals surface area (Å²) in [6, 6.07) is 15.1. The Bertz CT molecular complexity index is 1650. The lowest BCUT2D eigenvalue weighted by Gasteiger charge is -2.33. The van der Waals surface area contributed by atoms with Gasteiger partial charge in [-0.2, -0.15) is 0 Å². The Hall–Kier alpha value is -3.29. The molecule has 36 heavy (non-hydrogen) atoms. The lowest BCUT2D eigenvalue weighted by atomic mass is 9.72. The summed E-state index contributed by atoms with van der Waals surface area (Å²) in [5, 5.41) is 5.13. The van der Waals surface area contributed by atoms with Crippen LogP contribution < -0.4 is 10.7 Å². The van der Waals surface area contributed by atoms with Gasteiger partial charge in [-0.3, -0.25) is 9.59 Å². The smallest absolute Gasteiger partial charge is 0.263 e. The molecule has 1 aliphatic carbocycles. The molecule has 0 spiro atoms. The van der Waals surface area contributed by atoms with Crippen molar-refractivity contribution in [2.75, 3.05) is 5.32 Å². The number of fused-ring (bicyclic) bond motifs is 3. The van der Waals surface area contributed by atoms with Crippen LogP contribution >= 0.6 is 22.7 Å². The molecule has 0 radical (unpaired) electrons. The Morgan fingerprint density at radius 2 is 1.86 bits per heavy atom. The Morgan fingerprint density at radius 3 is 2.67 bits per heavy atom. The molecule has 3 aromatic heterocycles. The Labute approximate surface area is 216 Å². The van der Waals surface area contributed by atoms with Crippen LogP contribution in [0.3, 0.4) is 0 Å². The number of carbonyl (C=O) groups is 1. The fourth-order valence-electron chi connectivity index (χ4n) is 5.02. The van der Waals surface area contributed by atoms with Gasteiger partial charge in [0.2, 0.25) is 5.43 Å². The number of hydrogen-bond donors (Lipinski definition) is 1. The van der Waals surface area contributed by atoms with Crippen LogP contribution in [0.15, 0.2) is 64.0 Å². The third-order valence-corrected chi connectivity index (χ3v) is 9.37. The molecular weight excluding hydrogens is 488 g/mol. The van der Waals surface area contributed by atoms with Gasteiger partial charge in [-0.1, -0.05) is 45.0 Å². The largest absolute Gasteiger partial charge is 0.463 e. The summed E-state index contributed by atoms with van der Waals surface area (Å²) in [5.74, 6) is 0.116. The van der Waals surface area contributed by atoms with E-state index in [0.717, 1.165) is 45.1 Å². The molecule has 1 atom stereocenters. The van der Waals surface area contributed by atoms with E-state index >= 15 is 0 Å². The predicted molar refractivity (Wildman–Crippen MR) is 148 cm³/mol. The number of thiazole rings is 1. The monoisotopic (exact) mass is 514 g/mol. The first-order chi connectivity index (χ1) is 17.3. The first-order valence-corrected chi connectivity index (χ1v) is 13.8. The van der Waals surface area contributed by atoms with Crippen molar-refractivity contribution in [2.24, 2.45) is 11.3 Å². The second-order valence-electron chi connectivity index (χ2n) is 10.4. The third-order valence-electron chi connectivity index (χ3n) is 7.15. The lowest BCUT2D eigenvalue weighted by molar-refractivity contribution is 0.102. The molecule has 0 saturated carbocycles. The van der Waals surface area contributed by atoms with E-state index in [0.29, 0.717) is 16.9 Å². The number of amides is 1. The van der Waals surface area contributed by atoms with E-state index in [1.807, 2.05) is 18.2 Å². The molecule has 182 valence electrons. The molecule has 7 heteroatoms. The highest BCUT2D eigenvalue weighted by molar-refractivity contribution is 7.23. The molecule has 1 unspecified atom stereocenters. The average molecular weight is 515 g/mol. The summed E-state index contributed by atoms with van der Waals surface area (Å²) >= 11 is 3.26. The van der Waals surface area contributed by atoms with Gasteiger partial charge >= 0.3 is 0 Å². The highest BCUT2D eigenvalue weighted by Gasteiger charge is 2.33. The van der Waals surface area contributed by atoms with Crippen LogP contribution in [-0.4, -0.2) is 10.9 Å². The standard InChI is InChI=1S/C29H26N2O3S2/c1-29(2,3)16-12-13-18-23(14-16)36-28(24(18)27-30-20-9-5-7-11-22(20)35-27)31-26(33)19-15-34-21-10-6-4-8-17(21)25(19)32/h4-11,15-16H,12-14H2,1-3H3,(H,31,33). The molecule has 2 aromatic carbocycles. The molecule has 0 fully saturated rings. The maximum atomic E-state index is 13.4. The number of aromatic nitrogens is 1. The minimum absolute atomic E-state index is 0.00268. The van der Waals surface area contributed by atoms with Gasteiger partial charge in [0.1, 0.15) is 27.4 Å². The predicted octanol–water partition coefficient (Wildman–Crippen LogP) is 7.53. The van der Waals surface area contributed by atoms with Crippen molar-refractivity contribution in [1.82, 2.24) is 4.98 Å². The van der Waals surface area contributed by atoms with Crippen LogP contribution in [0.4, 0.5) is 5.00 Å². The van der Waals surface area contributed by atoms with E-state index in [1.54, 1.807) is 46.9 Å². The summed E-state index contributed by atoms with van der Waals surface area (Å²) in [6.07, 6.45) is 4.30. The van der Waals surface area contributed by atoms with Gasteiger partial charge < -0.3 is 9.73 Å². The number of hydrogen-bond acceptors (Lipinski definition) is 6. The van der Waals surface area contributed by atoms with E-state index in [9.17, 15) is 9.59 Å². The Balaban J connectivity index is 1.44. The highest BCUT2D eigenvalue weighted by Crippen LogP contribution is 2.49. The highest BCUT2D eigenvalue weighted by atomic mass is 32.1.